The molecule has 0 fully saturated rings. The first kappa shape index (κ1) is 5.57. The standard InChI is InChI=1S/C10H10BrF3O/c1-6(2)15-9-4-7(10(12,13)14)3-8(11)5-9/h3-6H,1-2H3/i1D3,2D3,6D. The Bertz CT molecular complexity index is 539. The lowest BCUT2D eigenvalue weighted by Gasteiger charge is -2.13. The van der Waals surface area contributed by atoms with Gasteiger partial charge in [-0.2, -0.15) is 13.2 Å². The van der Waals surface area contributed by atoms with Crippen LogP contribution in [0.1, 0.15) is 28.9 Å². The predicted molar refractivity (Wildman–Crippen MR) is 54.9 cm³/mol. The fourth-order valence-electron chi connectivity index (χ4n) is 0.903. The number of benzene rings is 1. The van der Waals surface area contributed by atoms with Gasteiger partial charge in [-0.05, 0) is 31.9 Å². The number of alkyl halides is 3. The van der Waals surface area contributed by atoms with E-state index >= 15 is 0 Å². The van der Waals surface area contributed by atoms with Gasteiger partial charge in [0, 0.05) is 12.7 Å². The quantitative estimate of drug-likeness (QED) is 0.791. The fourth-order valence-corrected chi connectivity index (χ4v) is 1.38. The maximum Gasteiger partial charge on any atom is 0.416 e. The molecule has 0 aliphatic rings. The van der Waals surface area contributed by atoms with Crippen LogP contribution in [0.3, 0.4) is 0 Å². The van der Waals surface area contributed by atoms with Gasteiger partial charge in [-0.1, -0.05) is 15.9 Å². The smallest absolute Gasteiger partial charge is 0.416 e. The van der Waals surface area contributed by atoms with Crippen molar-refractivity contribution in [1.82, 2.24) is 0 Å². The van der Waals surface area contributed by atoms with Crippen molar-refractivity contribution in [1.29, 1.82) is 0 Å². The predicted octanol–water partition coefficient (Wildman–Crippen LogP) is 4.26. The molecule has 1 aromatic rings. The molecule has 1 nitrogen and oxygen atoms in total. The highest BCUT2D eigenvalue weighted by atomic mass is 79.9. The molecule has 0 N–H and O–H groups in total. The topological polar surface area (TPSA) is 9.23 Å². The Balaban J connectivity index is 3.35. The Morgan fingerprint density at radius 3 is 2.60 bits per heavy atom. The number of ether oxygens (including phenoxy) is 1. The highest BCUT2D eigenvalue weighted by Crippen LogP contribution is 2.34. The molecule has 0 unspecified atom stereocenters. The lowest BCUT2D eigenvalue weighted by molar-refractivity contribution is -0.137. The first-order valence-electron chi connectivity index (χ1n) is 7.15. The second kappa shape index (κ2) is 4.43. The maximum absolute atomic E-state index is 12.7. The van der Waals surface area contributed by atoms with Crippen molar-refractivity contribution in [3.05, 3.63) is 28.2 Å². The van der Waals surface area contributed by atoms with Crippen LogP contribution >= 0.6 is 15.9 Å². The van der Waals surface area contributed by atoms with Crippen molar-refractivity contribution in [2.75, 3.05) is 0 Å². The third kappa shape index (κ3) is 3.74. The molecule has 0 saturated carbocycles. The molecule has 1 aromatic carbocycles. The van der Waals surface area contributed by atoms with Gasteiger partial charge < -0.3 is 4.74 Å². The Kier molecular flexibility index (Phi) is 1.64. The molecule has 0 aromatic heterocycles. The minimum atomic E-state index is -4.74. The molecule has 0 heterocycles. The molecule has 15 heavy (non-hydrogen) atoms. The number of hydrogen-bond acceptors (Lipinski definition) is 1. The van der Waals surface area contributed by atoms with E-state index in [9.17, 15) is 13.2 Å². The molecular weight excluding hydrogens is 273 g/mol. The molecule has 0 amide bonds. The SMILES string of the molecule is [2H]C([2H])([2H])C([2H])(Oc1cc(Br)cc(C(F)(F)F)c1)C([2H])([2H])[2H]. The van der Waals surface area contributed by atoms with Crippen LogP contribution in [0.4, 0.5) is 13.2 Å². The maximum atomic E-state index is 12.7. The van der Waals surface area contributed by atoms with Crippen molar-refractivity contribution in [3.63, 3.8) is 0 Å². The van der Waals surface area contributed by atoms with Crippen LogP contribution in [0.5, 0.6) is 5.75 Å². The Hall–Kier alpha value is -0.710. The molecule has 0 radical (unpaired) electrons. The van der Waals surface area contributed by atoms with Gasteiger partial charge >= 0.3 is 6.18 Å². The number of halogens is 4. The zero-order chi connectivity index (χ0) is 17.6. The van der Waals surface area contributed by atoms with Crippen LogP contribution in [0.25, 0.3) is 0 Å². The largest absolute Gasteiger partial charge is 0.491 e. The van der Waals surface area contributed by atoms with Gasteiger partial charge in [0.1, 0.15) is 5.75 Å². The van der Waals surface area contributed by atoms with Gasteiger partial charge in [0.05, 0.1) is 13.0 Å². The van der Waals surface area contributed by atoms with Crippen molar-refractivity contribution >= 4 is 15.9 Å². The molecule has 5 heteroatoms. The van der Waals surface area contributed by atoms with Gasteiger partial charge in [-0.3, -0.25) is 0 Å². The molecular formula is C10H10BrF3O. The molecule has 0 spiro atoms. The normalized spacial score (nSPS) is 21.2. The lowest BCUT2D eigenvalue weighted by atomic mass is 10.2. The molecule has 0 bridgehead atoms. The molecule has 0 aliphatic carbocycles. The molecule has 0 aliphatic heterocycles. The van der Waals surface area contributed by atoms with E-state index in [-0.39, 0.29) is 4.47 Å². The van der Waals surface area contributed by atoms with E-state index in [0.29, 0.717) is 12.1 Å². The van der Waals surface area contributed by atoms with Crippen molar-refractivity contribution in [2.24, 2.45) is 0 Å². The zero-order valence-corrected chi connectivity index (χ0v) is 8.74. The van der Waals surface area contributed by atoms with Crippen LogP contribution in [-0.2, 0) is 6.18 Å². The van der Waals surface area contributed by atoms with Gasteiger partial charge in [0.25, 0.3) is 0 Å². The minimum absolute atomic E-state index is 0.101. The minimum Gasteiger partial charge on any atom is -0.491 e. The summed E-state index contributed by atoms with van der Waals surface area (Å²) in [6.07, 6.45) is -8.14. The van der Waals surface area contributed by atoms with Crippen molar-refractivity contribution in [2.45, 2.75) is 26.0 Å². The average molecular weight is 290 g/mol. The van der Waals surface area contributed by atoms with E-state index < -0.39 is 37.3 Å². The summed E-state index contributed by atoms with van der Waals surface area (Å²) in [4.78, 5) is 0. The highest BCUT2D eigenvalue weighted by Gasteiger charge is 2.31. The third-order valence-electron chi connectivity index (χ3n) is 1.42. The summed E-state index contributed by atoms with van der Waals surface area (Å²) in [6.45, 7) is -6.81. The number of hydrogen-bond donors (Lipinski definition) is 0. The molecule has 0 atom stereocenters. The zero-order valence-electron chi connectivity index (χ0n) is 14.2. The second-order valence-electron chi connectivity index (χ2n) is 2.60. The summed E-state index contributed by atoms with van der Waals surface area (Å²) in [7, 11) is 0. The van der Waals surface area contributed by atoms with E-state index in [0.717, 1.165) is 6.07 Å². The Morgan fingerprint density at radius 1 is 1.40 bits per heavy atom. The van der Waals surface area contributed by atoms with Gasteiger partial charge in [0.15, 0.2) is 0 Å². The Morgan fingerprint density at radius 2 is 2.07 bits per heavy atom. The van der Waals surface area contributed by atoms with E-state index in [2.05, 4.69) is 20.7 Å². The van der Waals surface area contributed by atoms with Crippen LogP contribution in [0, 0.1) is 0 Å². The fraction of sp³-hybridized carbons (Fsp3) is 0.400. The average Bonchev–Trinajstić information content (AvgIpc) is 2.23. The Labute approximate surface area is 104 Å². The van der Waals surface area contributed by atoms with Gasteiger partial charge in [-0.15, -0.1) is 0 Å². The lowest BCUT2D eigenvalue weighted by Crippen LogP contribution is -2.09. The summed E-state index contributed by atoms with van der Waals surface area (Å²) >= 11 is 2.79. The van der Waals surface area contributed by atoms with E-state index in [1.165, 1.54) is 0 Å². The molecule has 0 saturated heterocycles. The second-order valence-corrected chi connectivity index (χ2v) is 3.52. The number of rotatable bonds is 2. The summed E-state index contributed by atoms with van der Waals surface area (Å²) in [5, 5.41) is 0. The summed E-state index contributed by atoms with van der Waals surface area (Å²) in [5.41, 5.74) is -1.17. The van der Waals surface area contributed by atoms with Crippen LogP contribution in [-0.4, -0.2) is 6.08 Å². The molecule has 84 valence electrons. The molecule has 1 rings (SSSR count). The summed E-state index contributed by atoms with van der Waals surface area (Å²) in [5.74, 6) is -0.691. The van der Waals surface area contributed by atoms with Crippen molar-refractivity contribution < 1.29 is 27.5 Å². The first-order chi connectivity index (χ1) is 9.58. The summed E-state index contributed by atoms with van der Waals surface area (Å²) in [6, 6.07) is 2.10. The van der Waals surface area contributed by atoms with Gasteiger partial charge in [-0.25, -0.2) is 0 Å². The van der Waals surface area contributed by atoms with E-state index in [4.69, 9.17) is 9.60 Å². The monoisotopic (exact) mass is 289 g/mol. The van der Waals surface area contributed by atoms with Crippen LogP contribution < -0.4 is 4.74 Å². The third-order valence-corrected chi connectivity index (χ3v) is 1.88. The van der Waals surface area contributed by atoms with Crippen LogP contribution in [0.15, 0.2) is 22.7 Å². The van der Waals surface area contributed by atoms with E-state index in [1.807, 2.05) is 0 Å². The van der Waals surface area contributed by atoms with Crippen LogP contribution in [0.2, 0.25) is 0 Å². The highest BCUT2D eigenvalue weighted by molar-refractivity contribution is 9.10. The van der Waals surface area contributed by atoms with Gasteiger partial charge in [0.2, 0.25) is 0 Å². The van der Waals surface area contributed by atoms with Crippen molar-refractivity contribution in [3.8, 4) is 5.75 Å². The first-order valence-corrected chi connectivity index (χ1v) is 4.44. The summed E-state index contributed by atoms with van der Waals surface area (Å²) < 4.78 is 93.2. The van der Waals surface area contributed by atoms with E-state index in [1.54, 1.807) is 0 Å².